The van der Waals surface area contributed by atoms with E-state index in [1.54, 1.807) is 0 Å². The van der Waals surface area contributed by atoms with Crippen molar-refractivity contribution in [2.24, 2.45) is 0 Å². The molecule has 0 saturated heterocycles. The van der Waals surface area contributed by atoms with E-state index in [-0.39, 0.29) is 5.41 Å². The van der Waals surface area contributed by atoms with Crippen LogP contribution in [0.3, 0.4) is 0 Å². The van der Waals surface area contributed by atoms with Crippen molar-refractivity contribution in [2.45, 2.75) is 19.3 Å². The summed E-state index contributed by atoms with van der Waals surface area (Å²) in [5.41, 5.74) is 13.1. The lowest BCUT2D eigenvalue weighted by molar-refractivity contribution is 0.666. The van der Waals surface area contributed by atoms with Crippen molar-refractivity contribution >= 4 is 10.9 Å². The van der Waals surface area contributed by atoms with Gasteiger partial charge in [-0.2, -0.15) is 0 Å². The molecule has 0 atom stereocenters. The smallest absolute Gasteiger partial charge is 0.164 e. The second-order valence-electron chi connectivity index (χ2n) is 13.1. The quantitative estimate of drug-likeness (QED) is 0.190. The Morgan fingerprint density at radius 3 is 1.57 bits per heavy atom. The molecule has 6 aromatic carbocycles. The number of nitrogens with zero attached hydrogens (tertiary/aromatic N) is 4. The Morgan fingerprint density at radius 2 is 0.918 bits per heavy atom. The maximum Gasteiger partial charge on any atom is 0.164 e. The van der Waals surface area contributed by atoms with Crippen molar-refractivity contribution in [1.29, 1.82) is 0 Å². The molecule has 1 aliphatic carbocycles. The topological polar surface area (TPSA) is 51.6 Å². The summed E-state index contributed by atoms with van der Waals surface area (Å²) in [5.74, 6) is 1.93. The first-order valence-electron chi connectivity index (χ1n) is 16.7. The van der Waals surface area contributed by atoms with Crippen molar-refractivity contribution < 1.29 is 0 Å². The van der Waals surface area contributed by atoms with Crippen LogP contribution in [0.2, 0.25) is 0 Å². The Hall–Kier alpha value is -6.26. The lowest BCUT2D eigenvalue weighted by Gasteiger charge is -2.24. The highest BCUT2D eigenvalue weighted by Gasteiger charge is 2.37. The predicted octanol–water partition coefficient (Wildman–Crippen LogP) is 11.1. The molecule has 0 amide bonds. The highest BCUT2D eigenvalue weighted by atomic mass is 15.0. The first-order valence-corrected chi connectivity index (χ1v) is 16.7. The molecule has 0 radical (unpaired) electrons. The fourth-order valence-corrected chi connectivity index (χ4v) is 7.35. The number of aromatic nitrogens is 4. The van der Waals surface area contributed by atoms with Gasteiger partial charge >= 0.3 is 0 Å². The summed E-state index contributed by atoms with van der Waals surface area (Å²) in [7, 11) is 0. The standard InChI is InChI=1S/C45H32N4/c1-45(2)37-24-13-12-23-34(37)35-25-26-38-40(41(35)45)36(28-39(46-38)29-15-6-3-7-16-29)32-21-14-22-33(27-32)44-48-42(30-17-8-4-9-18-30)47-43(49-44)31-19-10-5-11-20-31/h3-28H,1-2H3. The van der Waals surface area contributed by atoms with E-state index in [1.807, 2.05) is 66.7 Å². The minimum atomic E-state index is -0.197. The van der Waals surface area contributed by atoms with Crippen molar-refractivity contribution in [3.8, 4) is 67.7 Å². The second-order valence-corrected chi connectivity index (χ2v) is 13.1. The van der Waals surface area contributed by atoms with E-state index in [9.17, 15) is 0 Å². The van der Waals surface area contributed by atoms with Crippen LogP contribution in [-0.2, 0) is 5.41 Å². The van der Waals surface area contributed by atoms with Gasteiger partial charge in [0.2, 0.25) is 0 Å². The van der Waals surface area contributed by atoms with E-state index in [0.717, 1.165) is 44.6 Å². The average Bonchev–Trinajstić information content (AvgIpc) is 3.41. The lowest BCUT2D eigenvalue weighted by Crippen LogP contribution is -2.16. The highest BCUT2D eigenvalue weighted by molar-refractivity contribution is 6.05. The molecular formula is C45H32N4. The molecule has 0 spiro atoms. The van der Waals surface area contributed by atoms with E-state index in [4.69, 9.17) is 19.9 Å². The number of hydrogen-bond acceptors (Lipinski definition) is 4. The Balaban J connectivity index is 1.29. The summed E-state index contributed by atoms with van der Waals surface area (Å²) >= 11 is 0. The number of fused-ring (bicyclic) bond motifs is 5. The van der Waals surface area contributed by atoms with Crippen molar-refractivity contribution in [3.05, 3.63) is 169 Å². The Labute approximate surface area is 285 Å². The summed E-state index contributed by atoms with van der Waals surface area (Å²) in [6, 6.07) is 54.8. The van der Waals surface area contributed by atoms with E-state index in [0.29, 0.717) is 17.5 Å². The highest BCUT2D eigenvalue weighted by Crippen LogP contribution is 2.53. The minimum Gasteiger partial charge on any atom is -0.248 e. The van der Waals surface area contributed by atoms with Gasteiger partial charge in [-0.25, -0.2) is 19.9 Å². The van der Waals surface area contributed by atoms with Gasteiger partial charge < -0.3 is 0 Å². The largest absolute Gasteiger partial charge is 0.248 e. The van der Waals surface area contributed by atoms with Crippen molar-refractivity contribution in [3.63, 3.8) is 0 Å². The van der Waals surface area contributed by atoms with E-state index in [1.165, 1.54) is 27.6 Å². The van der Waals surface area contributed by atoms with Crippen LogP contribution in [0.5, 0.6) is 0 Å². The van der Waals surface area contributed by atoms with E-state index >= 15 is 0 Å². The number of pyridine rings is 1. The summed E-state index contributed by atoms with van der Waals surface area (Å²) in [6.07, 6.45) is 0. The minimum absolute atomic E-state index is 0.197. The van der Waals surface area contributed by atoms with Gasteiger partial charge in [0, 0.05) is 33.1 Å². The molecule has 0 aliphatic heterocycles. The predicted molar refractivity (Wildman–Crippen MR) is 200 cm³/mol. The molecule has 1 aliphatic rings. The van der Waals surface area contributed by atoms with Gasteiger partial charge in [0.25, 0.3) is 0 Å². The Bertz CT molecular complexity index is 2450. The van der Waals surface area contributed by atoms with Crippen molar-refractivity contribution in [2.75, 3.05) is 0 Å². The lowest BCUT2D eigenvalue weighted by atomic mass is 9.79. The molecule has 0 N–H and O–H groups in total. The fraction of sp³-hybridized carbons (Fsp3) is 0.0667. The molecule has 4 heteroatoms. The van der Waals surface area contributed by atoms with Crippen LogP contribution in [0, 0.1) is 0 Å². The molecule has 9 rings (SSSR count). The normalized spacial score (nSPS) is 12.9. The molecule has 4 nitrogen and oxygen atoms in total. The monoisotopic (exact) mass is 628 g/mol. The van der Waals surface area contributed by atoms with Gasteiger partial charge in [-0.1, -0.05) is 153 Å². The van der Waals surface area contributed by atoms with Crippen LogP contribution in [0.15, 0.2) is 158 Å². The number of rotatable bonds is 5. The van der Waals surface area contributed by atoms with Crippen molar-refractivity contribution in [1.82, 2.24) is 19.9 Å². The maximum atomic E-state index is 5.28. The summed E-state index contributed by atoms with van der Waals surface area (Å²) in [4.78, 5) is 20.3. The third-order valence-corrected chi connectivity index (χ3v) is 9.69. The first kappa shape index (κ1) is 28.9. The molecule has 0 unspecified atom stereocenters. The van der Waals surface area contributed by atoms with Crippen LogP contribution in [0.25, 0.3) is 78.6 Å². The summed E-state index contributed by atoms with van der Waals surface area (Å²) < 4.78 is 0. The van der Waals surface area contributed by atoms with Crippen LogP contribution in [-0.4, -0.2) is 19.9 Å². The molecule has 2 heterocycles. The molecule has 8 aromatic rings. The first-order chi connectivity index (χ1) is 24.0. The van der Waals surface area contributed by atoms with Gasteiger partial charge in [0.1, 0.15) is 0 Å². The average molecular weight is 629 g/mol. The van der Waals surface area contributed by atoms with Gasteiger partial charge in [0.15, 0.2) is 17.5 Å². The summed E-state index contributed by atoms with van der Waals surface area (Å²) in [5, 5.41) is 1.18. The number of hydrogen-bond donors (Lipinski definition) is 0. The third kappa shape index (κ3) is 4.92. The SMILES string of the molecule is CC1(C)c2ccccc2-c2ccc3nc(-c4ccccc4)cc(-c4cccc(-c5nc(-c6ccccc6)nc(-c6ccccc6)n5)c4)c3c21. The van der Waals surface area contributed by atoms with E-state index < -0.39 is 0 Å². The zero-order valence-electron chi connectivity index (χ0n) is 27.3. The van der Waals surface area contributed by atoms with Crippen LogP contribution in [0.4, 0.5) is 0 Å². The van der Waals surface area contributed by atoms with Gasteiger partial charge in [0.05, 0.1) is 11.2 Å². The van der Waals surface area contributed by atoms with E-state index in [2.05, 4.69) is 105 Å². The molecular weight excluding hydrogens is 597 g/mol. The molecule has 0 bridgehead atoms. The molecule has 49 heavy (non-hydrogen) atoms. The maximum absolute atomic E-state index is 5.28. The van der Waals surface area contributed by atoms with Crippen LogP contribution in [0.1, 0.15) is 25.0 Å². The number of benzene rings is 6. The molecule has 232 valence electrons. The second kappa shape index (κ2) is 11.5. The summed E-state index contributed by atoms with van der Waals surface area (Å²) in [6.45, 7) is 4.67. The van der Waals surface area contributed by atoms with Crippen LogP contribution >= 0.6 is 0 Å². The molecule has 0 fully saturated rings. The molecule has 2 aromatic heterocycles. The zero-order valence-corrected chi connectivity index (χ0v) is 27.3. The third-order valence-electron chi connectivity index (χ3n) is 9.69. The fourth-order valence-electron chi connectivity index (χ4n) is 7.35. The zero-order chi connectivity index (χ0) is 33.0. The van der Waals surface area contributed by atoms with Gasteiger partial charge in [-0.05, 0) is 51.6 Å². The molecule has 0 saturated carbocycles. The van der Waals surface area contributed by atoms with Gasteiger partial charge in [-0.3, -0.25) is 0 Å². The Morgan fingerprint density at radius 1 is 0.388 bits per heavy atom. The Kier molecular flexibility index (Phi) is 6.77. The van der Waals surface area contributed by atoms with Gasteiger partial charge in [-0.15, -0.1) is 0 Å². The van der Waals surface area contributed by atoms with Crippen LogP contribution < -0.4 is 0 Å².